The highest BCUT2D eigenvalue weighted by molar-refractivity contribution is 5.36. The molecule has 0 amide bonds. The van der Waals surface area contributed by atoms with Crippen LogP contribution in [0.25, 0.3) is 0 Å². The van der Waals surface area contributed by atoms with Crippen LogP contribution in [-0.2, 0) is 0 Å². The van der Waals surface area contributed by atoms with Gasteiger partial charge in [-0.05, 0) is 6.42 Å². The van der Waals surface area contributed by atoms with Crippen LogP contribution in [0.4, 0.5) is 5.82 Å². The fourth-order valence-corrected chi connectivity index (χ4v) is 0.955. The van der Waals surface area contributed by atoms with Gasteiger partial charge in [0, 0.05) is 19.0 Å². The Labute approximate surface area is 83.7 Å². The van der Waals surface area contributed by atoms with Crippen molar-refractivity contribution in [2.75, 3.05) is 19.0 Å². The number of aromatic nitrogens is 2. The van der Waals surface area contributed by atoms with Crippen LogP contribution in [0.1, 0.15) is 12.8 Å². The fraction of sp³-hybridized carbons (Fsp3) is 0.400. The molecule has 0 aliphatic rings. The van der Waals surface area contributed by atoms with E-state index in [-0.39, 0.29) is 0 Å². The van der Waals surface area contributed by atoms with Gasteiger partial charge in [0.2, 0.25) is 5.88 Å². The molecule has 1 aromatic heterocycles. The maximum atomic E-state index is 5.13. The first-order valence-electron chi connectivity index (χ1n) is 4.40. The van der Waals surface area contributed by atoms with Gasteiger partial charge >= 0.3 is 0 Å². The number of hydrogen-bond acceptors (Lipinski definition) is 4. The second-order valence-electron chi connectivity index (χ2n) is 2.68. The molecule has 14 heavy (non-hydrogen) atoms. The molecule has 0 saturated carbocycles. The Kier molecular flexibility index (Phi) is 4.29. The number of hydrogen-bond donors (Lipinski definition) is 1. The summed E-state index contributed by atoms with van der Waals surface area (Å²) in [5.41, 5.74) is 0. The van der Waals surface area contributed by atoms with E-state index in [1.54, 1.807) is 13.2 Å². The van der Waals surface area contributed by atoms with Gasteiger partial charge in [-0.15, -0.1) is 12.3 Å². The van der Waals surface area contributed by atoms with Crippen LogP contribution in [-0.4, -0.2) is 23.6 Å². The number of ether oxygens (including phenoxy) is 1. The maximum Gasteiger partial charge on any atom is 0.218 e. The fourth-order valence-electron chi connectivity index (χ4n) is 0.955. The minimum atomic E-state index is 0.555. The number of rotatable bonds is 5. The van der Waals surface area contributed by atoms with Gasteiger partial charge in [0.05, 0.1) is 7.11 Å². The third kappa shape index (κ3) is 3.31. The molecule has 1 aromatic rings. The van der Waals surface area contributed by atoms with Crippen LogP contribution >= 0.6 is 0 Å². The van der Waals surface area contributed by atoms with E-state index < -0.39 is 0 Å². The molecule has 1 heterocycles. The predicted octanol–water partition coefficient (Wildman–Crippen LogP) is 1.31. The molecule has 0 radical (unpaired) electrons. The zero-order valence-electron chi connectivity index (χ0n) is 8.16. The lowest BCUT2D eigenvalue weighted by Gasteiger charge is -2.04. The van der Waals surface area contributed by atoms with Crippen molar-refractivity contribution in [3.63, 3.8) is 0 Å². The first-order chi connectivity index (χ1) is 6.86. The monoisotopic (exact) mass is 191 g/mol. The lowest BCUT2D eigenvalue weighted by molar-refractivity contribution is 0.397. The summed E-state index contributed by atoms with van der Waals surface area (Å²) in [5, 5.41) is 3.13. The van der Waals surface area contributed by atoms with Gasteiger partial charge in [-0.25, -0.2) is 9.97 Å². The Hall–Kier alpha value is -1.76. The van der Waals surface area contributed by atoms with Gasteiger partial charge < -0.3 is 10.1 Å². The molecule has 1 rings (SSSR count). The molecule has 0 aromatic carbocycles. The van der Waals surface area contributed by atoms with Crippen molar-refractivity contribution in [3.05, 3.63) is 12.4 Å². The van der Waals surface area contributed by atoms with Crippen molar-refractivity contribution < 1.29 is 4.74 Å². The van der Waals surface area contributed by atoms with Gasteiger partial charge in [0.25, 0.3) is 0 Å². The van der Waals surface area contributed by atoms with E-state index in [1.165, 1.54) is 6.33 Å². The number of methoxy groups -OCH3 is 1. The Bertz CT molecular complexity index is 319. The summed E-state index contributed by atoms with van der Waals surface area (Å²) in [6.45, 7) is 0.810. The number of terminal acetylenes is 1. The topological polar surface area (TPSA) is 47.0 Å². The van der Waals surface area contributed by atoms with Crippen LogP contribution in [0.5, 0.6) is 5.88 Å². The zero-order valence-corrected chi connectivity index (χ0v) is 8.16. The van der Waals surface area contributed by atoms with Crippen LogP contribution < -0.4 is 10.1 Å². The first-order valence-corrected chi connectivity index (χ1v) is 4.40. The van der Waals surface area contributed by atoms with Crippen molar-refractivity contribution in [2.24, 2.45) is 0 Å². The summed E-state index contributed by atoms with van der Waals surface area (Å²) in [7, 11) is 1.57. The van der Waals surface area contributed by atoms with Crippen LogP contribution in [0, 0.1) is 12.3 Å². The SMILES string of the molecule is C#CCCCNc1cc(OC)ncn1. The molecule has 74 valence electrons. The Balaban J connectivity index is 2.39. The summed E-state index contributed by atoms with van der Waals surface area (Å²) in [5.74, 6) is 3.89. The third-order valence-electron chi connectivity index (χ3n) is 1.66. The third-order valence-corrected chi connectivity index (χ3v) is 1.66. The molecule has 0 bridgehead atoms. The quantitative estimate of drug-likeness (QED) is 0.563. The van der Waals surface area contributed by atoms with Crippen LogP contribution in [0.15, 0.2) is 12.4 Å². The predicted molar refractivity (Wildman–Crippen MR) is 55.1 cm³/mol. The standard InChI is InChI=1S/C10H13N3O/c1-3-4-5-6-11-9-7-10(14-2)13-8-12-9/h1,7-8H,4-6H2,2H3,(H,11,12,13). The number of nitrogens with zero attached hydrogens (tertiary/aromatic N) is 2. The molecule has 0 unspecified atom stereocenters. The Morgan fingerprint density at radius 1 is 1.57 bits per heavy atom. The van der Waals surface area contributed by atoms with Gasteiger partial charge in [0.1, 0.15) is 12.1 Å². The van der Waals surface area contributed by atoms with Crippen molar-refractivity contribution in [1.29, 1.82) is 0 Å². The molecule has 1 N–H and O–H groups in total. The molecule has 0 spiro atoms. The highest BCUT2D eigenvalue weighted by Crippen LogP contribution is 2.09. The van der Waals surface area contributed by atoms with Crippen LogP contribution in [0.3, 0.4) is 0 Å². The summed E-state index contributed by atoms with van der Waals surface area (Å²) in [4.78, 5) is 7.93. The van der Waals surface area contributed by atoms with Crippen molar-refractivity contribution >= 4 is 5.82 Å². The zero-order chi connectivity index (χ0) is 10.2. The van der Waals surface area contributed by atoms with Gasteiger partial charge in [-0.2, -0.15) is 0 Å². The molecule has 0 fully saturated rings. The number of nitrogens with one attached hydrogen (secondary N) is 1. The molecule has 4 heteroatoms. The van der Waals surface area contributed by atoms with E-state index in [0.29, 0.717) is 5.88 Å². The summed E-state index contributed by atoms with van der Waals surface area (Å²) in [6.07, 6.45) is 8.30. The normalized spacial score (nSPS) is 9.14. The molecule has 0 saturated heterocycles. The van der Waals surface area contributed by atoms with E-state index >= 15 is 0 Å². The summed E-state index contributed by atoms with van der Waals surface area (Å²) >= 11 is 0. The lowest BCUT2D eigenvalue weighted by Crippen LogP contribution is -2.03. The second kappa shape index (κ2) is 5.81. The first kappa shape index (κ1) is 10.3. The smallest absolute Gasteiger partial charge is 0.218 e. The number of anilines is 1. The minimum Gasteiger partial charge on any atom is -0.481 e. The summed E-state index contributed by atoms with van der Waals surface area (Å²) < 4.78 is 4.96. The van der Waals surface area contributed by atoms with E-state index in [4.69, 9.17) is 11.2 Å². The highest BCUT2D eigenvalue weighted by Gasteiger charge is 1.96. The van der Waals surface area contributed by atoms with Crippen molar-refractivity contribution in [1.82, 2.24) is 9.97 Å². The van der Waals surface area contributed by atoms with E-state index in [2.05, 4.69) is 21.2 Å². The second-order valence-corrected chi connectivity index (χ2v) is 2.68. The highest BCUT2D eigenvalue weighted by atomic mass is 16.5. The average molecular weight is 191 g/mol. The van der Waals surface area contributed by atoms with E-state index in [9.17, 15) is 0 Å². The van der Waals surface area contributed by atoms with Crippen molar-refractivity contribution in [2.45, 2.75) is 12.8 Å². The molecular formula is C10H13N3O. The van der Waals surface area contributed by atoms with Gasteiger partial charge in [-0.1, -0.05) is 0 Å². The van der Waals surface area contributed by atoms with Gasteiger partial charge in [-0.3, -0.25) is 0 Å². The molecule has 0 atom stereocenters. The molecular weight excluding hydrogens is 178 g/mol. The maximum absolute atomic E-state index is 5.13. The largest absolute Gasteiger partial charge is 0.481 e. The molecule has 0 aliphatic heterocycles. The average Bonchev–Trinajstić information content (AvgIpc) is 2.25. The van der Waals surface area contributed by atoms with E-state index in [1.807, 2.05) is 0 Å². The van der Waals surface area contributed by atoms with Crippen LogP contribution in [0.2, 0.25) is 0 Å². The van der Waals surface area contributed by atoms with Crippen molar-refractivity contribution in [3.8, 4) is 18.2 Å². The minimum absolute atomic E-state index is 0.555. The van der Waals surface area contributed by atoms with Gasteiger partial charge in [0.15, 0.2) is 0 Å². The molecule has 0 aliphatic carbocycles. The Morgan fingerprint density at radius 2 is 2.43 bits per heavy atom. The molecule has 4 nitrogen and oxygen atoms in total. The van der Waals surface area contributed by atoms with E-state index in [0.717, 1.165) is 25.2 Å². The Morgan fingerprint density at radius 3 is 3.14 bits per heavy atom. The summed E-state index contributed by atoms with van der Waals surface area (Å²) in [6, 6.07) is 1.75. The lowest BCUT2D eigenvalue weighted by atomic mass is 10.3. The number of unbranched alkanes of at least 4 members (excludes halogenated alkanes) is 1.